The van der Waals surface area contributed by atoms with Crippen LogP contribution in [0.5, 0.6) is 0 Å². The Bertz CT molecular complexity index is 908. The van der Waals surface area contributed by atoms with E-state index in [1.54, 1.807) is 30.2 Å². The zero-order valence-electron chi connectivity index (χ0n) is 15.8. The summed E-state index contributed by atoms with van der Waals surface area (Å²) >= 11 is 7.21. The summed E-state index contributed by atoms with van der Waals surface area (Å²) in [5.74, 6) is -0.292. The minimum atomic E-state index is -3.81. The Labute approximate surface area is 169 Å². The summed E-state index contributed by atoms with van der Waals surface area (Å²) in [5.41, 5.74) is 0.478. The van der Waals surface area contributed by atoms with Crippen LogP contribution < -0.4 is 4.72 Å². The van der Waals surface area contributed by atoms with Gasteiger partial charge in [0, 0.05) is 29.2 Å². The molecule has 2 rings (SSSR count). The number of amides is 1. The van der Waals surface area contributed by atoms with Gasteiger partial charge in [-0.05, 0) is 44.9 Å². The van der Waals surface area contributed by atoms with E-state index in [0.717, 1.165) is 4.88 Å². The standard InChI is InChI=1S/C18H24ClN3O3S2/c1-5-13(17(23)22(6-2)7-3)15-11-20-18(26-15)21-27(24,25)16-10-8-9-14(19)12(16)4/h8-11,13H,5-7H2,1-4H3,(H,20,21). The molecule has 0 aliphatic heterocycles. The number of nitrogens with zero attached hydrogens (tertiary/aromatic N) is 2. The molecule has 0 aliphatic rings. The molecule has 1 unspecified atom stereocenters. The van der Waals surface area contributed by atoms with Gasteiger partial charge in [-0.25, -0.2) is 13.4 Å². The first kappa shape index (κ1) is 21.7. The third kappa shape index (κ3) is 4.80. The molecule has 0 aliphatic carbocycles. The summed E-state index contributed by atoms with van der Waals surface area (Å²) in [6.07, 6.45) is 2.19. The predicted octanol–water partition coefficient (Wildman–Crippen LogP) is 4.27. The van der Waals surface area contributed by atoms with Gasteiger partial charge in [0.15, 0.2) is 5.13 Å². The number of carbonyl (C=O) groups is 1. The van der Waals surface area contributed by atoms with E-state index in [4.69, 9.17) is 11.6 Å². The predicted molar refractivity (Wildman–Crippen MR) is 110 cm³/mol. The lowest BCUT2D eigenvalue weighted by atomic mass is 10.0. The average Bonchev–Trinajstić information content (AvgIpc) is 3.06. The lowest BCUT2D eigenvalue weighted by molar-refractivity contribution is -0.132. The summed E-state index contributed by atoms with van der Waals surface area (Å²) in [5, 5.41) is 0.615. The first-order valence-electron chi connectivity index (χ1n) is 8.77. The third-order valence-electron chi connectivity index (χ3n) is 4.38. The van der Waals surface area contributed by atoms with E-state index >= 15 is 0 Å². The normalized spacial score (nSPS) is 12.6. The van der Waals surface area contributed by atoms with Crippen LogP contribution in [0.3, 0.4) is 0 Å². The van der Waals surface area contributed by atoms with Gasteiger partial charge in [-0.1, -0.05) is 24.6 Å². The zero-order chi connectivity index (χ0) is 20.2. The van der Waals surface area contributed by atoms with Crippen molar-refractivity contribution in [1.29, 1.82) is 0 Å². The molecule has 148 valence electrons. The van der Waals surface area contributed by atoms with E-state index in [0.29, 0.717) is 30.1 Å². The van der Waals surface area contributed by atoms with E-state index < -0.39 is 10.0 Å². The molecule has 1 aromatic heterocycles. The van der Waals surface area contributed by atoms with Gasteiger partial charge >= 0.3 is 0 Å². The summed E-state index contributed by atoms with van der Waals surface area (Å²) in [6.45, 7) is 8.74. The lowest BCUT2D eigenvalue weighted by Gasteiger charge is -2.23. The maximum Gasteiger partial charge on any atom is 0.263 e. The molecule has 0 fully saturated rings. The van der Waals surface area contributed by atoms with Crippen molar-refractivity contribution in [3.8, 4) is 0 Å². The Morgan fingerprint density at radius 3 is 2.56 bits per heavy atom. The molecule has 1 N–H and O–H groups in total. The smallest absolute Gasteiger partial charge is 0.263 e. The molecule has 0 spiro atoms. The monoisotopic (exact) mass is 429 g/mol. The Morgan fingerprint density at radius 2 is 1.96 bits per heavy atom. The highest BCUT2D eigenvalue weighted by Gasteiger charge is 2.26. The van der Waals surface area contributed by atoms with Crippen LogP contribution in [0.1, 0.15) is 43.6 Å². The lowest BCUT2D eigenvalue weighted by Crippen LogP contribution is -2.34. The molecule has 1 aromatic carbocycles. The van der Waals surface area contributed by atoms with Crippen LogP contribution in [-0.2, 0) is 14.8 Å². The molecule has 2 aromatic rings. The Balaban J connectivity index is 2.26. The number of carbonyl (C=O) groups excluding carboxylic acids is 1. The van der Waals surface area contributed by atoms with E-state index in [9.17, 15) is 13.2 Å². The SMILES string of the molecule is CCC(C(=O)N(CC)CC)c1cnc(NS(=O)(=O)c2cccc(Cl)c2C)s1. The van der Waals surface area contributed by atoms with Crippen molar-refractivity contribution in [2.45, 2.75) is 44.9 Å². The molecule has 1 amide bonds. The van der Waals surface area contributed by atoms with Crippen LogP contribution in [0, 0.1) is 6.92 Å². The molecule has 0 radical (unpaired) electrons. The Hall–Kier alpha value is -1.64. The molecule has 6 nitrogen and oxygen atoms in total. The maximum atomic E-state index is 12.7. The van der Waals surface area contributed by atoms with Crippen LogP contribution >= 0.6 is 22.9 Å². The van der Waals surface area contributed by atoms with E-state index in [1.807, 2.05) is 20.8 Å². The summed E-state index contributed by atoms with van der Waals surface area (Å²) in [7, 11) is -3.81. The van der Waals surface area contributed by atoms with Gasteiger partial charge in [0.05, 0.1) is 10.8 Å². The number of hydrogen-bond acceptors (Lipinski definition) is 5. The second-order valence-corrected chi connectivity index (χ2v) is 9.13. The molecular formula is C18H24ClN3O3S2. The van der Waals surface area contributed by atoms with Crippen molar-refractivity contribution in [3.63, 3.8) is 0 Å². The number of thiazole rings is 1. The fourth-order valence-corrected chi connectivity index (χ4v) is 5.53. The van der Waals surface area contributed by atoms with E-state index in [2.05, 4.69) is 9.71 Å². The minimum Gasteiger partial charge on any atom is -0.343 e. The van der Waals surface area contributed by atoms with Crippen molar-refractivity contribution in [3.05, 3.63) is 39.9 Å². The topological polar surface area (TPSA) is 79.4 Å². The Morgan fingerprint density at radius 1 is 1.30 bits per heavy atom. The molecule has 0 saturated carbocycles. The number of rotatable bonds is 8. The number of likely N-dealkylation sites (N-methyl/N-ethyl adjacent to an activating group) is 1. The molecule has 1 heterocycles. The first-order chi connectivity index (χ1) is 12.7. The van der Waals surface area contributed by atoms with Gasteiger partial charge in [0.1, 0.15) is 0 Å². The van der Waals surface area contributed by atoms with Gasteiger partial charge in [-0.2, -0.15) is 0 Å². The summed E-state index contributed by atoms with van der Waals surface area (Å²) in [4.78, 5) is 19.5. The average molecular weight is 430 g/mol. The number of benzene rings is 1. The van der Waals surface area contributed by atoms with Crippen LogP contribution in [-0.4, -0.2) is 37.3 Å². The summed E-state index contributed by atoms with van der Waals surface area (Å²) < 4.78 is 27.9. The molecule has 1 atom stereocenters. The molecular weight excluding hydrogens is 406 g/mol. The van der Waals surface area contributed by atoms with Crippen LogP contribution in [0.25, 0.3) is 0 Å². The highest BCUT2D eigenvalue weighted by molar-refractivity contribution is 7.93. The molecule has 9 heteroatoms. The van der Waals surface area contributed by atoms with E-state index in [-0.39, 0.29) is 21.9 Å². The van der Waals surface area contributed by atoms with Gasteiger partial charge in [-0.3, -0.25) is 9.52 Å². The van der Waals surface area contributed by atoms with Crippen LogP contribution in [0.2, 0.25) is 5.02 Å². The number of anilines is 1. The first-order valence-corrected chi connectivity index (χ1v) is 11.4. The number of aromatic nitrogens is 1. The van der Waals surface area contributed by atoms with Crippen molar-refractivity contribution in [1.82, 2.24) is 9.88 Å². The van der Waals surface area contributed by atoms with E-state index in [1.165, 1.54) is 17.4 Å². The van der Waals surface area contributed by atoms with Crippen LogP contribution in [0.4, 0.5) is 5.13 Å². The fourth-order valence-electron chi connectivity index (χ4n) is 2.80. The molecule has 0 bridgehead atoms. The molecule has 27 heavy (non-hydrogen) atoms. The highest BCUT2D eigenvalue weighted by Crippen LogP contribution is 2.32. The zero-order valence-corrected chi connectivity index (χ0v) is 18.2. The van der Waals surface area contributed by atoms with Gasteiger partial charge < -0.3 is 4.90 Å². The van der Waals surface area contributed by atoms with Gasteiger partial charge in [0.2, 0.25) is 5.91 Å². The van der Waals surface area contributed by atoms with Crippen molar-refractivity contribution in [2.75, 3.05) is 17.8 Å². The third-order valence-corrected chi connectivity index (χ3v) is 7.43. The van der Waals surface area contributed by atoms with Crippen molar-refractivity contribution >= 4 is 44.0 Å². The molecule has 0 saturated heterocycles. The van der Waals surface area contributed by atoms with Gasteiger partial charge in [0.25, 0.3) is 10.0 Å². The quantitative estimate of drug-likeness (QED) is 0.679. The highest BCUT2D eigenvalue weighted by atomic mass is 35.5. The number of hydrogen-bond donors (Lipinski definition) is 1. The minimum absolute atomic E-state index is 0.0336. The summed E-state index contributed by atoms with van der Waals surface area (Å²) in [6, 6.07) is 4.73. The van der Waals surface area contributed by atoms with Crippen molar-refractivity contribution < 1.29 is 13.2 Å². The van der Waals surface area contributed by atoms with Crippen molar-refractivity contribution in [2.24, 2.45) is 0 Å². The maximum absolute atomic E-state index is 12.7. The number of sulfonamides is 1. The number of halogens is 1. The largest absolute Gasteiger partial charge is 0.343 e. The fraction of sp³-hybridized carbons (Fsp3) is 0.444. The number of nitrogens with one attached hydrogen (secondary N) is 1. The second-order valence-electron chi connectivity index (χ2n) is 6.01. The van der Waals surface area contributed by atoms with Gasteiger partial charge in [-0.15, -0.1) is 11.3 Å². The second kappa shape index (κ2) is 9.03. The van der Waals surface area contributed by atoms with Crippen LogP contribution in [0.15, 0.2) is 29.3 Å². The Kier molecular flexibility index (Phi) is 7.25.